The van der Waals surface area contributed by atoms with E-state index in [0.717, 1.165) is 38.2 Å². The van der Waals surface area contributed by atoms with E-state index in [1.165, 1.54) is 0 Å². The van der Waals surface area contributed by atoms with Crippen LogP contribution in [-0.4, -0.2) is 58.3 Å². The molecular weight excluding hydrogens is 320 g/mol. The van der Waals surface area contributed by atoms with E-state index in [1.807, 2.05) is 17.0 Å². The number of halogens is 1. The molecule has 0 radical (unpaired) electrons. The Bertz CT molecular complexity index is 492. The number of benzene rings is 1. The second-order valence-corrected chi connectivity index (χ2v) is 5.19. The zero-order valence-corrected chi connectivity index (χ0v) is 14.7. The van der Waals surface area contributed by atoms with E-state index < -0.39 is 0 Å². The van der Waals surface area contributed by atoms with Crippen molar-refractivity contribution >= 4 is 18.3 Å². The van der Waals surface area contributed by atoms with Crippen molar-refractivity contribution in [2.75, 3.05) is 47.5 Å². The van der Waals surface area contributed by atoms with Gasteiger partial charge in [-0.3, -0.25) is 4.79 Å². The van der Waals surface area contributed by atoms with Crippen molar-refractivity contribution in [2.24, 2.45) is 0 Å². The molecule has 1 amide bonds. The van der Waals surface area contributed by atoms with Crippen LogP contribution in [0.5, 0.6) is 17.2 Å². The van der Waals surface area contributed by atoms with Crippen LogP contribution in [-0.2, 0) is 11.2 Å². The van der Waals surface area contributed by atoms with Gasteiger partial charge in [-0.2, -0.15) is 0 Å². The molecule has 1 aliphatic heterocycles. The molecule has 0 aliphatic carbocycles. The number of carbonyl (C=O) groups is 1. The van der Waals surface area contributed by atoms with Crippen LogP contribution in [0, 0.1) is 0 Å². The van der Waals surface area contributed by atoms with Crippen LogP contribution in [0.4, 0.5) is 0 Å². The summed E-state index contributed by atoms with van der Waals surface area (Å²) in [6, 6.07) is 3.66. The molecule has 0 aromatic heterocycles. The van der Waals surface area contributed by atoms with Gasteiger partial charge in [-0.1, -0.05) is 0 Å². The molecule has 1 aromatic rings. The molecule has 0 unspecified atom stereocenters. The van der Waals surface area contributed by atoms with Gasteiger partial charge in [0.2, 0.25) is 11.7 Å². The van der Waals surface area contributed by atoms with Crippen LogP contribution in [0.25, 0.3) is 0 Å². The number of hydrogen-bond donors (Lipinski definition) is 1. The van der Waals surface area contributed by atoms with Crippen molar-refractivity contribution < 1.29 is 19.0 Å². The first-order valence-electron chi connectivity index (χ1n) is 7.47. The number of ether oxygens (including phenoxy) is 3. The van der Waals surface area contributed by atoms with Crippen molar-refractivity contribution in [1.29, 1.82) is 0 Å². The summed E-state index contributed by atoms with van der Waals surface area (Å²) in [5, 5.41) is 3.30. The normalized spacial score (nSPS) is 14.5. The van der Waals surface area contributed by atoms with E-state index >= 15 is 0 Å². The van der Waals surface area contributed by atoms with Crippen LogP contribution in [0.2, 0.25) is 0 Å². The van der Waals surface area contributed by atoms with Crippen molar-refractivity contribution in [3.8, 4) is 17.2 Å². The van der Waals surface area contributed by atoms with Crippen molar-refractivity contribution in [3.05, 3.63) is 17.7 Å². The van der Waals surface area contributed by atoms with E-state index in [1.54, 1.807) is 21.3 Å². The topological polar surface area (TPSA) is 60.0 Å². The molecule has 1 aliphatic rings. The Morgan fingerprint density at radius 1 is 1.09 bits per heavy atom. The first-order chi connectivity index (χ1) is 10.7. The summed E-state index contributed by atoms with van der Waals surface area (Å²) in [5.41, 5.74) is 0.858. The number of carbonyl (C=O) groups excluding carboxylic acids is 1. The van der Waals surface area contributed by atoms with E-state index in [2.05, 4.69) is 5.32 Å². The van der Waals surface area contributed by atoms with Crippen LogP contribution in [0.3, 0.4) is 0 Å². The third-order valence-corrected chi connectivity index (χ3v) is 3.77. The van der Waals surface area contributed by atoms with Gasteiger partial charge in [-0.15, -0.1) is 12.4 Å². The summed E-state index contributed by atoms with van der Waals surface area (Å²) in [6.45, 7) is 3.37. The lowest BCUT2D eigenvalue weighted by Gasteiger charge is -2.20. The van der Waals surface area contributed by atoms with E-state index in [9.17, 15) is 4.79 Å². The van der Waals surface area contributed by atoms with Gasteiger partial charge in [0, 0.05) is 19.6 Å². The molecule has 0 bridgehead atoms. The Hall–Kier alpha value is -1.66. The molecule has 1 N–H and O–H groups in total. The molecule has 7 heteroatoms. The Morgan fingerprint density at radius 3 is 2.30 bits per heavy atom. The lowest BCUT2D eigenvalue weighted by molar-refractivity contribution is -0.130. The molecule has 0 atom stereocenters. The quantitative estimate of drug-likeness (QED) is 0.877. The van der Waals surface area contributed by atoms with Gasteiger partial charge in [-0.05, 0) is 30.7 Å². The molecule has 0 spiro atoms. The molecule has 130 valence electrons. The number of nitrogens with zero attached hydrogens (tertiary/aromatic N) is 1. The highest BCUT2D eigenvalue weighted by Crippen LogP contribution is 2.38. The van der Waals surface area contributed by atoms with Gasteiger partial charge in [0.05, 0.1) is 27.8 Å². The second-order valence-electron chi connectivity index (χ2n) is 5.19. The van der Waals surface area contributed by atoms with Crippen LogP contribution < -0.4 is 19.5 Å². The number of nitrogens with one attached hydrogen (secondary N) is 1. The number of amides is 1. The minimum absolute atomic E-state index is 0. The summed E-state index contributed by atoms with van der Waals surface area (Å²) in [5.74, 6) is 1.81. The minimum Gasteiger partial charge on any atom is -0.493 e. The number of hydrogen-bond acceptors (Lipinski definition) is 5. The Kier molecular flexibility index (Phi) is 7.98. The summed E-state index contributed by atoms with van der Waals surface area (Å²) < 4.78 is 16.0. The fourth-order valence-corrected chi connectivity index (χ4v) is 2.62. The monoisotopic (exact) mass is 344 g/mol. The third kappa shape index (κ3) is 4.91. The summed E-state index contributed by atoms with van der Waals surface area (Å²) in [4.78, 5) is 14.4. The van der Waals surface area contributed by atoms with E-state index in [-0.39, 0.29) is 18.3 Å². The zero-order chi connectivity index (χ0) is 15.9. The predicted molar refractivity (Wildman–Crippen MR) is 91.1 cm³/mol. The van der Waals surface area contributed by atoms with Gasteiger partial charge in [0.1, 0.15) is 0 Å². The lowest BCUT2D eigenvalue weighted by atomic mass is 10.1. The SMILES string of the molecule is COc1cc(CC(=O)N2CCCNCC2)cc(OC)c1OC.Cl. The first kappa shape index (κ1) is 19.4. The molecule has 1 heterocycles. The van der Waals surface area contributed by atoms with Gasteiger partial charge < -0.3 is 24.4 Å². The van der Waals surface area contributed by atoms with E-state index in [4.69, 9.17) is 14.2 Å². The summed E-state index contributed by atoms with van der Waals surface area (Å²) in [6.07, 6.45) is 1.32. The van der Waals surface area contributed by atoms with Crippen LogP contribution in [0.1, 0.15) is 12.0 Å². The fourth-order valence-electron chi connectivity index (χ4n) is 2.62. The minimum atomic E-state index is 0. The van der Waals surface area contributed by atoms with E-state index in [0.29, 0.717) is 23.7 Å². The largest absolute Gasteiger partial charge is 0.493 e. The maximum absolute atomic E-state index is 12.5. The molecule has 1 saturated heterocycles. The van der Waals surface area contributed by atoms with Crippen molar-refractivity contribution in [1.82, 2.24) is 10.2 Å². The molecule has 6 nitrogen and oxygen atoms in total. The lowest BCUT2D eigenvalue weighted by Crippen LogP contribution is -2.35. The zero-order valence-electron chi connectivity index (χ0n) is 13.9. The highest BCUT2D eigenvalue weighted by Gasteiger charge is 2.18. The summed E-state index contributed by atoms with van der Waals surface area (Å²) >= 11 is 0. The Morgan fingerprint density at radius 2 is 1.74 bits per heavy atom. The predicted octanol–water partition coefficient (Wildman–Crippen LogP) is 1.50. The molecular formula is C16H25ClN2O4. The highest BCUT2D eigenvalue weighted by atomic mass is 35.5. The average molecular weight is 345 g/mol. The number of rotatable bonds is 5. The molecule has 1 fully saturated rings. The molecule has 2 rings (SSSR count). The van der Waals surface area contributed by atoms with Gasteiger partial charge in [0.25, 0.3) is 0 Å². The number of methoxy groups -OCH3 is 3. The standard InChI is InChI=1S/C16H24N2O4.ClH/c1-20-13-9-12(10-14(21-2)16(13)22-3)11-15(19)18-7-4-5-17-6-8-18;/h9-10,17H,4-8,11H2,1-3H3;1H. The van der Waals surface area contributed by atoms with Crippen LogP contribution >= 0.6 is 12.4 Å². The van der Waals surface area contributed by atoms with Gasteiger partial charge in [-0.25, -0.2) is 0 Å². The maximum Gasteiger partial charge on any atom is 0.227 e. The fraction of sp³-hybridized carbons (Fsp3) is 0.562. The van der Waals surface area contributed by atoms with Crippen molar-refractivity contribution in [3.63, 3.8) is 0 Å². The maximum atomic E-state index is 12.5. The second kappa shape index (κ2) is 9.47. The average Bonchev–Trinajstić information content (AvgIpc) is 2.83. The summed E-state index contributed by atoms with van der Waals surface area (Å²) in [7, 11) is 4.71. The third-order valence-electron chi connectivity index (χ3n) is 3.77. The highest BCUT2D eigenvalue weighted by molar-refractivity contribution is 5.85. The molecule has 0 saturated carbocycles. The van der Waals surface area contributed by atoms with Crippen molar-refractivity contribution in [2.45, 2.75) is 12.8 Å². The molecule has 1 aromatic carbocycles. The first-order valence-corrected chi connectivity index (χ1v) is 7.47. The smallest absolute Gasteiger partial charge is 0.227 e. The van der Waals surface area contributed by atoms with Gasteiger partial charge in [0.15, 0.2) is 11.5 Å². The van der Waals surface area contributed by atoms with Crippen LogP contribution in [0.15, 0.2) is 12.1 Å². The molecule has 23 heavy (non-hydrogen) atoms. The van der Waals surface area contributed by atoms with Gasteiger partial charge >= 0.3 is 0 Å². The Labute approximate surface area is 143 Å². The Balaban J connectivity index is 0.00000264.